The van der Waals surface area contributed by atoms with Gasteiger partial charge in [-0.05, 0) is 85.4 Å². The summed E-state index contributed by atoms with van der Waals surface area (Å²) in [5, 5.41) is 18.0. The molecule has 1 fully saturated rings. The second kappa shape index (κ2) is 20.3. The molecule has 296 valence electrons. The number of piperidine rings is 1. The Morgan fingerprint density at radius 1 is 1.06 bits per heavy atom. The Kier molecular flexibility index (Phi) is 16.9. The molecule has 2 aromatic rings. The van der Waals surface area contributed by atoms with Gasteiger partial charge in [-0.2, -0.15) is 0 Å². The summed E-state index contributed by atoms with van der Waals surface area (Å²) in [5.41, 5.74) is 0.683. The molecule has 53 heavy (non-hydrogen) atoms. The fraction of sp³-hybridized carbons (Fsp3) is 0.675. The molecule has 1 aromatic carbocycles. The SMILES string of the molecule is CCOC(CC(C(C)C)N(C)C(=O)C(NC(=O)[C@H]1CCCCN1C)C(C)OC(C)(C)C)c1nc(C(=O)NC(Cc2ccccc2)CC(C)C(=O)O)cs1. The predicted octanol–water partition coefficient (Wildman–Crippen LogP) is 5.72. The maximum absolute atomic E-state index is 14.4. The smallest absolute Gasteiger partial charge is 0.306 e. The second-order valence-electron chi connectivity index (χ2n) is 15.8. The molecule has 7 atom stereocenters. The van der Waals surface area contributed by atoms with E-state index in [1.165, 1.54) is 11.3 Å². The Hall–Kier alpha value is -3.39. The Labute approximate surface area is 320 Å². The van der Waals surface area contributed by atoms with E-state index in [0.29, 0.717) is 24.5 Å². The summed E-state index contributed by atoms with van der Waals surface area (Å²) in [5.74, 6) is -2.35. The molecule has 3 rings (SSSR count). The number of carbonyl (C=O) groups excluding carboxylic acids is 3. The first kappa shape index (κ1) is 44.0. The highest BCUT2D eigenvalue weighted by Crippen LogP contribution is 2.31. The third kappa shape index (κ3) is 13.4. The van der Waals surface area contributed by atoms with Gasteiger partial charge in [-0.1, -0.05) is 57.5 Å². The molecule has 12 nitrogen and oxygen atoms in total. The van der Waals surface area contributed by atoms with Crippen LogP contribution in [0.4, 0.5) is 0 Å². The van der Waals surface area contributed by atoms with Gasteiger partial charge >= 0.3 is 5.97 Å². The fourth-order valence-corrected chi connectivity index (χ4v) is 7.86. The minimum absolute atomic E-state index is 0.0178. The largest absolute Gasteiger partial charge is 0.481 e. The van der Waals surface area contributed by atoms with Crippen LogP contribution in [0.5, 0.6) is 0 Å². The molecule has 3 N–H and O–H groups in total. The van der Waals surface area contributed by atoms with Gasteiger partial charge in [-0.25, -0.2) is 4.98 Å². The molecule has 0 radical (unpaired) electrons. The van der Waals surface area contributed by atoms with E-state index in [0.717, 1.165) is 31.4 Å². The summed E-state index contributed by atoms with van der Waals surface area (Å²) >= 11 is 1.32. The summed E-state index contributed by atoms with van der Waals surface area (Å²) in [6.45, 7) is 16.5. The van der Waals surface area contributed by atoms with Crippen LogP contribution in [0.3, 0.4) is 0 Å². The molecule has 0 saturated carbocycles. The minimum atomic E-state index is -0.919. The third-order valence-electron chi connectivity index (χ3n) is 9.83. The number of carboxylic acids is 1. The van der Waals surface area contributed by atoms with Crippen LogP contribution in [0.2, 0.25) is 0 Å². The van der Waals surface area contributed by atoms with Crippen molar-refractivity contribution in [2.45, 2.75) is 136 Å². The van der Waals surface area contributed by atoms with Crippen molar-refractivity contribution >= 4 is 35.0 Å². The van der Waals surface area contributed by atoms with E-state index in [4.69, 9.17) is 14.5 Å². The number of carboxylic acid groups (broad SMARTS) is 1. The van der Waals surface area contributed by atoms with Crippen molar-refractivity contribution in [2.75, 3.05) is 27.2 Å². The average Bonchev–Trinajstić information content (AvgIpc) is 3.58. The number of nitrogens with one attached hydrogen (secondary N) is 2. The lowest BCUT2D eigenvalue weighted by Gasteiger charge is -2.39. The summed E-state index contributed by atoms with van der Waals surface area (Å²) in [6, 6.07) is 7.72. The number of likely N-dealkylation sites (tertiary alicyclic amines) is 1. The number of carbonyl (C=O) groups is 4. The number of aliphatic carboxylic acids is 1. The predicted molar refractivity (Wildman–Crippen MR) is 208 cm³/mol. The number of thiazole rings is 1. The van der Waals surface area contributed by atoms with Crippen molar-refractivity contribution in [3.63, 3.8) is 0 Å². The lowest BCUT2D eigenvalue weighted by atomic mass is 9.95. The molecule has 2 heterocycles. The highest BCUT2D eigenvalue weighted by molar-refractivity contribution is 7.09. The van der Waals surface area contributed by atoms with Crippen LogP contribution in [0, 0.1) is 11.8 Å². The van der Waals surface area contributed by atoms with Crippen LogP contribution < -0.4 is 10.6 Å². The topological polar surface area (TPSA) is 150 Å². The molecule has 1 saturated heterocycles. The lowest BCUT2D eigenvalue weighted by molar-refractivity contribution is -0.148. The number of aromatic nitrogens is 1. The molecular weight excluding hydrogens is 695 g/mol. The molecule has 13 heteroatoms. The molecule has 1 aliphatic heterocycles. The molecule has 0 aliphatic carbocycles. The summed E-state index contributed by atoms with van der Waals surface area (Å²) < 4.78 is 12.5. The van der Waals surface area contributed by atoms with E-state index in [1.807, 2.05) is 90.7 Å². The van der Waals surface area contributed by atoms with E-state index in [9.17, 15) is 24.3 Å². The van der Waals surface area contributed by atoms with Crippen LogP contribution in [-0.4, -0.2) is 107 Å². The molecular formula is C40H63N5O7S. The van der Waals surface area contributed by atoms with Crippen LogP contribution in [0.1, 0.15) is 115 Å². The quantitative estimate of drug-likeness (QED) is 0.164. The Balaban J connectivity index is 1.82. The van der Waals surface area contributed by atoms with Crippen molar-refractivity contribution in [3.05, 3.63) is 52.0 Å². The molecule has 0 bridgehead atoms. The van der Waals surface area contributed by atoms with E-state index in [1.54, 1.807) is 24.3 Å². The van der Waals surface area contributed by atoms with E-state index >= 15 is 0 Å². The number of hydrogen-bond donors (Lipinski definition) is 3. The average molecular weight is 758 g/mol. The Morgan fingerprint density at radius 3 is 2.32 bits per heavy atom. The minimum Gasteiger partial charge on any atom is -0.481 e. The van der Waals surface area contributed by atoms with Crippen LogP contribution in [0.25, 0.3) is 0 Å². The zero-order valence-corrected chi connectivity index (χ0v) is 34.2. The van der Waals surface area contributed by atoms with Gasteiger partial charge in [0.1, 0.15) is 22.8 Å². The maximum atomic E-state index is 14.4. The van der Waals surface area contributed by atoms with Crippen LogP contribution in [-0.2, 0) is 30.3 Å². The summed E-state index contributed by atoms with van der Waals surface area (Å²) in [7, 11) is 3.71. The molecule has 3 amide bonds. The van der Waals surface area contributed by atoms with Crippen molar-refractivity contribution in [1.82, 2.24) is 25.4 Å². The van der Waals surface area contributed by atoms with Gasteiger partial charge in [0.2, 0.25) is 11.8 Å². The Bertz CT molecular complexity index is 1480. The number of ether oxygens (including phenoxy) is 2. The van der Waals surface area contributed by atoms with Crippen molar-refractivity contribution in [1.29, 1.82) is 0 Å². The van der Waals surface area contributed by atoms with Gasteiger partial charge in [-0.15, -0.1) is 11.3 Å². The zero-order chi connectivity index (χ0) is 39.5. The zero-order valence-electron chi connectivity index (χ0n) is 33.4. The monoisotopic (exact) mass is 757 g/mol. The van der Waals surface area contributed by atoms with Gasteiger partial charge < -0.3 is 30.1 Å². The number of likely N-dealkylation sites (N-methyl/N-ethyl adjacent to an activating group) is 2. The number of amides is 3. The number of rotatable bonds is 19. The van der Waals surface area contributed by atoms with Gasteiger partial charge in [0.25, 0.3) is 5.91 Å². The third-order valence-corrected chi connectivity index (χ3v) is 10.8. The standard InChI is InChI=1S/C40H63N5O7S/c1-11-51-33(37-42-30(24-53-37)35(46)41-29(21-26(4)39(49)50)22-28-17-13-12-14-18-28)23-32(25(2)3)45(10)38(48)34(27(5)52-40(6,7)8)43-36(47)31-19-15-16-20-44(31)9/h12-14,17-18,24-27,29,31-34H,11,15-16,19-23H2,1-10H3,(H,41,46)(H,43,47)(H,49,50)/t26?,27?,29?,31-,32?,33?,34?/m1/s1. The number of benzene rings is 1. The van der Waals surface area contributed by atoms with Gasteiger partial charge in [0.15, 0.2) is 0 Å². The van der Waals surface area contributed by atoms with Gasteiger partial charge in [0, 0.05) is 37.5 Å². The van der Waals surface area contributed by atoms with E-state index in [-0.39, 0.29) is 47.8 Å². The first-order chi connectivity index (χ1) is 24.9. The van der Waals surface area contributed by atoms with Crippen molar-refractivity contribution < 1.29 is 33.8 Å². The number of nitrogens with zero attached hydrogens (tertiary/aromatic N) is 3. The first-order valence-electron chi connectivity index (χ1n) is 19.0. The number of hydrogen-bond acceptors (Lipinski definition) is 9. The van der Waals surface area contributed by atoms with Crippen LogP contribution >= 0.6 is 11.3 Å². The van der Waals surface area contributed by atoms with Crippen LogP contribution in [0.15, 0.2) is 35.7 Å². The second-order valence-corrected chi connectivity index (χ2v) is 16.6. The highest BCUT2D eigenvalue weighted by atomic mass is 32.1. The first-order valence-corrected chi connectivity index (χ1v) is 19.9. The fourth-order valence-electron chi connectivity index (χ4n) is 7.00. The molecule has 1 aliphatic rings. The highest BCUT2D eigenvalue weighted by Gasteiger charge is 2.39. The Morgan fingerprint density at radius 2 is 1.74 bits per heavy atom. The van der Waals surface area contributed by atoms with E-state index < -0.39 is 41.8 Å². The summed E-state index contributed by atoms with van der Waals surface area (Å²) in [4.78, 5) is 61.7. The lowest BCUT2D eigenvalue weighted by Crippen LogP contribution is -2.60. The summed E-state index contributed by atoms with van der Waals surface area (Å²) in [6.07, 6.45) is 2.80. The van der Waals surface area contributed by atoms with Gasteiger partial charge in [-0.3, -0.25) is 24.1 Å². The van der Waals surface area contributed by atoms with Crippen molar-refractivity contribution in [3.8, 4) is 0 Å². The van der Waals surface area contributed by atoms with E-state index in [2.05, 4.69) is 10.6 Å². The molecule has 6 unspecified atom stereocenters. The normalized spacial score (nSPS) is 18.7. The van der Waals surface area contributed by atoms with Crippen molar-refractivity contribution in [2.24, 2.45) is 11.8 Å². The molecule has 0 spiro atoms. The molecule has 1 aromatic heterocycles. The maximum Gasteiger partial charge on any atom is 0.306 e. The van der Waals surface area contributed by atoms with Gasteiger partial charge in [0.05, 0.1) is 23.7 Å².